The average molecular weight is 320 g/mol. The van der Waals surface area contributed by atoms with Gasteiger partial charge in [0.05, 0.1) is 5.52 Å². The van der Waals surface area contributed by atoms with Crippen LogP contribution < -0.4 is 15.1 Å². The lowest BCUT2D eigenvalue weighted by molar-refractivity contribution is 0.636. The van der Waals surface area contributed by atoms with E-state index in [0.29, 0.717) is 0 Å². The molecule has 2 aromatic heterocycles. The lowest BCUT2D eigenvalue weighted by Crippen LogP contribution is -2.47. The molecule has 6 nitrogen and oxygen atoms in total. The van der Waals surface area contributed by atoms with Crippen LogP contribution in [-0.4, -0.2) is 48.2 Å². The minimum Gasteiger partial charge on any atom is -0.372 e. The molecule has 1 aromatic carbocycles. The maximum absolute atomic E-state index is 4.75. The van der Waals surface area contributed by atoms with Crippen molar-refractivity contribution in [1.29, 1.82) is 0 Å². The molecule has 1 fully saturated rings. The normalized spacial score (nSPS) is 14.9. The third-order valence-electron chi connectivity index (χ3n) is 4.36. The number of anilines is 3. The number of para-hydroxylation sites is 1. The molecule has 0 unspecified atom stereocenters. The summed E-state index contributed by atoms with van der Waals surface area (Å²) in [6, 6.07) is 14.1. The van der Waals surface area contributed by atoms with Crippen LogP contribution in [0.4, 0.5) is 17.6 Å². The minimum absolute atomic E-state index is 0.790. The summed E-state index contributed by atoms with van der Waals surface area (Å²) in [7, 11) is 1.90. The molecule has 3 aromatic rings. The smallest absolute Gasteiger partial charge is 0.228 e. The highest BCUT2D eigenvalue weighted by Gasteiger charge is 2.20. The summed E-state index contributed by atoms with van der Waals surface area (Å²) in [5.74, 6) is 2.70. The Labute approximate surface area is 141 Å². The second-order valence-electron chi connectivity index (χ2n) is 5.80. The van der Waals surface area contributed by atoms with Gasteiger partial charge in [-0.15, -0.1) is 0 Å². The van der Waals surface area contributed by atoms with Gasteiger partial charge < -0.3 is 15.1 Å². The van der Waals surface area contributed by atoms with Gasteiger partial charge in [0.1, 0.15) is 11.6 Å². The van der Waals surface area contributed by atoms with Gasteiger partial charge in [0, 0.05) is 44.8 Å². The second-order valence-corrected chi connectivity index (χ2v) is 5.80. The monoisotopic (exact) mass is 320 g/mol. The van der Waals surface area contributed by atoms with Crippen molar-refractivity contribution in [2.75, 3.05) is 48.3 Å². The predicted molar refractivity (Wildman–Crippen MR) is 97.7 cm³/mol. The van der Waals surface area contributed by atoms with E-state index in [4.69, 9.17) is 9.97 Å². The first-order chi connectivity index (χ1) is 11.8. The van der Waals surface area contributed by atoms with Crippen LogP contribution in [0.15, 0.2) is 48.7 Å². The highest BCUT2D eigenvalue weighted by molar-refractivity contribution is 5.90. The fraction of sp³-hybridized carbons (Fsp3) is 0.278. The van der Waals surface area contributed by atoms with Crippen molar-refractivity contribution < 1.29 is 0 Å². The first-order valence-electron chi connectivity index (χ1n) is 8.20. The van der Waals surface area contributed by atoms with E-state index in [9.17, 15) is 0 Å². The second kappa shape index (κ2) is 6.31. The minimum atomic E-state index is 0.790. The van der Waals surface area contributed by atoms with E-state index in [0.717, 1.165) is 54.7 Å². The molecule has 0 bridgehead atoms. The summed E-state index contributed by atoms with van der Waals surface area (Å²) in [6.45, 7) is 3.61. The molecule has 24 heavy (non-hydrogen) atoms. The third kappa shape index (κ3) is 2.71. The van der Waals surface area contributed by atoms with E-state index < -0.39 is 0 Å². The van der Waals surface area contributed by atoms with Gasteiger partial charge in [0.2, 0.25) is 5.95 Å². The van der Waals surface area contributed by atoms with E-state index >= 15 is 0 Å². The molecule has 3 heterocycles. The molecule has 4 rings (SSSR count). The van der Waals surface area contributed by atoms with Crippen molar-refractivity contribution in [1.82, 2.24) is 15.0 Å². The first kappa shape index (κ1) is 14.7. The lowest BCUT2D eigenvalue weighted by Gasteiger charge is -2.35. The predicted octanol–water partition coefficient (Wildman–Crippen LogP) is 2.39. The summed E-state index contributed by atoms with van der Waals surface area (Å²) in [6.07, 6.45) is 1.84. The highest BCUT2D eigenvalue weighted by atomic mass is 15.3. The molecule has 0 spiro atoms. The summed E-state index contributed by atoms with van der Waals surface area (Å²) in [4.78, 5) is 18.4. The van der Waals surface area contributed by atoms with Gasteiger partial charge in [-0.25, -0.2) is 9.97 Å². The lowest BCUT2D eigenvalue weighted by atomic mass is 10.2. The Morgan fingerprint density at radius 3 is 2.38 bits per heavy atom. The molecular formula is C18H20N6. The van der Waals surface area contributed by atoms with Crippen LogP contribution in [0, 0.1) is 0 Å². The zero-order chi connectivity index (χ0) is 16.4. The van der Waals surface area contributed by atoms with Crippen LogP contribution in [0.1, 0.15) is 0 Å². The number of hydrogen-bond acceptors (Lipinski definition) is 6. The van der Waals surface area contributed by atoms with E-state index in [1.807, 2.05) is 49.6 Å². The summed E-state index contributed by atoms with van der Waals surface area (Å²) >= 11 is 0. The largest absolute Gasteiger partial charge is 0.372 e. The Bertz CT molecular complexity index is 827. The van der Waals surface area contributed by atoms with Crippen molar-refractivity contribution in [3.05, 3.63) is 48.7 Å². The van der Waals surface area contributed by atoms with Gasteiger partial charge in [-0.05, 0) is 24.3 Å². The van der Waals surface area contributed by atoms with Crippen molar-refractivity contribution in [3.8, 4) is 0 Å². The molecule has 1 aliphatic rings. The zero-order valence-corrected chi connectivity index (χ0v) is 13.7. The SMILES string of the molecule is CNc1nc(N2CCN(c3ccccn3)CC2)nc2ccccc12. The maximum atomic E-state index is 4.75. The molecule has 122 valence electrons. The Kier molecular flexibility index (Phi) is 3.86. The van der Waals surface area contributed by atoms with Crippen molar-refractivity contribution in [3.63, 3.8) is 0 Å². The maximum Gasteiger partial charge on any atom is 0.228 e. The van der Waals surface area contributed by atoms with Crippen molar-refractivity contribution in [2.45, 2.75) is 0 Å². The van der Waals surface area contributed by atoms with E-state index in [1.54, 1.807) is 0 Å². The molecule has 1 saturated heterocycles. The number of rotatable bonds is 3. The van der Waals surface area contributed by atoms with Crippen LogP contribution in [0.5, 0.6) is 0 Å². The van der Waals surface area contributed by atoms with Crippen LogP contribution in [-0.2, 0) is 0 Å². The molecular weight excluding hydrogens is 300 g/mol. The van der Waals surface area contributed by atoms with E-state index in [-0.39, 0.29) is 0 Å². The number of nitrogens with zero attached hydrogens (tertiary/aromatic N) is 5. The first-order valence-corrected chi connectivity index (χ1v) is 8.20. The standard InChI is InChI=1S/C18H20N6/c1-19-17-14-6-2-3-7-15(14)21-18(22-17)24-12-10-23(11-13-24)16-8-4-5-9-20-16/h2-9H,10-13H2,1H3,(H,19,21,22). The summed E-state index contributed by atoms with van der Waals surface area (Å²) in [5, 5.41) is 4.24. The van der Waals surface area contributed by atoms with Gasteiger partial charge in [0.25, 0.3) is 0 Å². The van der Waals surface area contributed by atoms with E-state index in [1.165, 1.54) is 0 Å². The summed E-state index contributed by atoms with van der Waals surface area (Å²) < 4.78 is 0. The number of aromatic nitrogens is 3. The number of nitrogens with one attached hydrogen (secondary N) is 1. The number of piperazine rings is 1. The number of pyridine rings is 1. The average Bonchev–Trinajstić information content (AvgIpc) is 2.68. The highest BCUT2D eigenvalue weighted by Crippen LogP contribution is 2.24. The molecule has 0 radical (unpaired) electrons. The fourth-order valence-electron chi connectivity index (χ4n) is 3.07. The molecule has 0 amide bonds. The quantitative estimate of drug-likeness (QED) is 0.800. The topological polar surface area (TPSA) is 57.2 Å². The van der Waals surface area contributed by atoms with Crippen molar-refractivity contribution in [2.24, 2.45) is 0 Å². The van der Waals surface area contributed by atoms with Crippen LogP contribution in [0.2, 0.25) is 0 Å². The van der Waals surface area contributed by atoms with Crippen molar-refractivity contribution >= 4 is 28.5 Å². The number of hydrogen-bond donors (Lipinski definition) is 1. The number of fused-ring (bicyclic) bond motifs is 1. The third-order valence-corrected chi connectivity index (χ3v) is 4.36. The van der Waals surface area contributed by atoms with Gasteiger partial charge >= 0.3 is 0 Å². The van der Waals surface area contributed by atoms with Gasteiger partial charge in [0.15, 0.2) is 0 Å². The zero-order valence-electron chi connectivity index (χ0n) is 13.7. The number of benzene rings is 1. The summed E-state index contributed by atoms with van der Waals surface area (Å²) in [5.41, 5.74) is 0.971. The van der Waals surface area contributed by atoms with Crippen LogP contribution >= 0.6 is 0 Å². The molecule has 0 atom stereocenters. The molecule has 0 aliphatic carbocycles. The van der Waals surface area contributed by atoms with Gasteiger partial charge in [-0.2, -0.15) is 4.98 Å². The van der Waals surface area contributed by atoms with Gasteiger partial charge in [-0.3, -0.25) is 0 Å². The molecule has 6 heteroatoms. The van der Waals surface area contributed by atoms with E-state index in [2.05, 4.69) is 26.2 Å². The Balaban J connectivity index is 1.56. The van der Waals surface area contributed by atoms with Crippen LogP contribution in [0.25, 0.3) is 10.9 Å². The Morgan fingerprint density at radius 2 is 1.62 bits per heavy atom. The Morgan fingerprint density at radius 1 is 0.875 bits per heavy atom. The van der Waals surface area contributed by atoms with Gasteiger partial charge in [-0.1, -0.05) is 18.2 Å². The van der Waals surface area contributed by atoms with Crippen LogP contribution in [0.3, 0.4) is 0 Å². The molecule has 1 aliphatic heterocycles. The molecule has 0 saturated carbocycles. The molecule has 1 N–H and O–H groups in total. The Hall–Kier alpha value is -2.89. The fourth-order valence-corrected chi connectivity index (χ4v) is 3.07.